The summed E-state index contributed by atoms with van der Waals surface area (Å²) >= 11 is 6.06. The van der Waals surface area contributed by atoms with Crippen LogP contribution in [0.4, 0.5) is 0 Å². The molecule has 1 unspecified atom stereocenters. The summed E-state index contributed by atoms with van der Waals surface area (Å²) in [5.41, 5.74) is 4.97. The fourth-order valence-electron chi connectivity index (χ4n) is 2.22. The molecule has 0 aliphatic heterocycles. The van der Waals surface area contributed by atoms with Gasteiger partial charge in [0, 0.05) is 29.9 Å². The molecule has 0 aliphatic carbocycles. The lowest BCUT2D eigenvalue weighted by Gasteiger charge is -2.19. The van der Waals surface area contributed by atoms with Gasteiger partial charge in [-0.2, -0.15) is 5.10 Å². The Morgan fingerprint density at radius 1 is 1.50 bits per heavy atom. The third kappa shape index (κ3) is 3.50. The molecular weight excluding hydrogens is 276 g/mol. The molecule has 2 rings (SSSR count). The predicted octanol–water partition coefficient (Wildman–Crippen LogP) is 2.22. The lowest BCUT2D eigenvalue weighted by atomic mass is 10.00. The number of rotatable bonds is 6. The number of ether oxygens (including phenoxy) is 1. The van der Waals surface area contributed by atoms with Gasteiger partial charge in [-0.05, 0) is 36.6 Å². The van der Waals surface area contributed by atoms with Crippen LogP contribution in [0.2, 0.25) is 5.02 Å². The van der Waals surface area contributed by atoms with Gasteiger partial charge < -0.3 is 4.74 Å². The summed E-state index contributed by atoms with van der Waals surface area (Å²) in [5, 5.41) is 4.83. The zero-order valence-corrected chi connectivity index (χ0v) is 12.4. The molecule has 1 atom stereocenters. The van der Waals surface area contributed by atoms with E-state index < -0.39 is 0 Å². The number of methoxy groups -OCH3 is 1. The topological polar surface area (TPSA) is 65.1 Å². The summed E-state index contributed by atoms with van der Waals surface area (Å²) < 4.78 is 7.16. The molecule has 20 heavy (non-hydrogen) atoms. The predicted molar refractivity (Wildman–Crippen MR) is 79.6 cm³/mol. The quantitative estimate of drug-likeness (QED) is 0.633. The van der Waals surface area contributed by atoms with Gasteiger partial charge in [0.25, 0.3) is 0 Å². The van der Waals surface area contributed by atoms with Gasteiger partial charge in [0.15, 0.2) is 0 Å². The van der Waals surface area contributed by atoms with Gasteiger partial charge in [-0.15, -0.1) is 0 Å². The second-order valence-corrected chi connectivity index (χ2v) is 5.10. The summed E-state index contributed by atoms with van der Waals surface area (Å²) in [7, 11) is 3.55. The molecule has 0 saturated heterocycles. The Labute approximate surface area is 123 Å². The second-order valence-electron chi connectivity index (χ2n) is 4.67. The molecular formula is C14H19ClN4O. The summed E-state index contributed by atoms with van der Waals surface area (Å²) in [4.78, 5) is 0. The van der Waals surface area contributed by atoms with Gasteiger partial charge in [-0.25, -0.2) is 0 Å². The minimum Gasteiger partial charge on any atom is -0.496 e. The van der Waals surface area contributed by atoms with Crippen LogP contribution in [0, 0.1) is 0 Å². The van der Waals surface area contributed by atoms with Gasteiger partial charge in [0.1, 0.15) is 5.75 Å². The van der Waals surface area contributed by atoms with Gasteiger partial charge in [-0.3, -0.25) is 16.0 Å². The highest BCUT2D eigenvalue weighted by molar-refractivity contribution is 6.30. The number of nitrogens with one attached hydrogen (secondary N) is 1. The molecule has 0 saturated carbocycles. The van der Waals surface area contributed by atoms with Gasteiger partial charge >= 0.3 is 0 Å². The zero-order valence-electron chi connectivity index (χ0n) is 11.6. The van der Waals surface area contributed by atoms with Crippen LogP contribution in [0.3, 0.4) is 0 Å². The minimum atomic E-state index is -0.0242. The number of aromatic nitrogens is 2. The SMILES string of the molecule is COc1ccc(Cl)cc1C(CCc1cnn(C)c1)NN. The molecule has 0 radical (unpaired) electrons. The first-order valence-electron chi connectivity index (χ1n) is 6.41. The van der Waals surface area contributed by atoms with Crippen molar-refractivity contribution in [2.24, 2.45) is 12.9 Å². The van der Waals surface area contributed by atoms with Crippen molar-refractivity contribution >= 4 is 11.6 Å². The van der Waals surface area contributed by atoms with Gasteiger partial charge in [0.05, 0.1) is 13.3 Å². The maximum atomic E-state index is 6.06. The molecule has 1 heterocycles. The van der Waals surface area contributed by atoms with Crippen LogP contribution < -0.4 is 16.0 Å². The van der Waals surface area contributed by atoms with Crippen molar-refractivity contribution in [3.63, 3.8) is 0 Å². The van der Waals surface area contributed by atoms with E-state index in [1.165, 1.54) is 5.56 Å². The Balaban J connectivity index is 2.13. The van der Waals surface area contributed by atoms with Crippen LogP contribution in [0.1, 0.15) is 23.6 Å². The number of nitrogens with zero attached hydrogens (tertiary/aromatic N) is 2. The Morgan fingerprint density at radius 2 is 2.30 bits per heavy atom. The van der Waals surface area contributed by atoms with E-state index >= 15 is 0 Å². The van der Waals surface area contributed by atoms with E-state index in [-0.39, 0.29) is 6.04 Å². The molecule has 0 amide bonds. The van der Waals surface area contributed by atoms with Crippen molar-refractivity contribution in [2.75, 3.05) is 7.11 Å². The number of hydrazine groups is 1. The third-order valence-electron chi connectivity index (χ3n) is 3.25. The molecule has 1 aromatic carbocycles. The summed E-state index contributed by atoms with van der Waals surface area (Å²) in [5.74, 6) is 6.46. The number of hydrogen-bond acceptors (Lipinski definition) is 4. The van der Waals surface area contributed by atoms with Gasteiger partial charge in [-0.1, -0.05) is 11.6 Å². The summed E-state index contributed by atoms with van der Waals surface area (Å²) in [6.45, 7) is 0. The van der Waals surface area contributed by atoms with E-state index in [1.807, 2.05) is 31.6 Å². The second kappa shape index (κ2) is 6.74. The highest BCUT2D eigenvalue weighted by Gasteiger charge is 2.15. The molecule has 1 aromatic heterocycles. The van der Waals surface area contributed by atoms with Crippen molar-refractivity contribution in [3.05, 3.63) is 46.7 Å². The number of halogens is 1. The normalized spacial score (nSPS) is 12.4. The number of hydrogen-bond donors (Lipinski definition) is 2. The first kappa shape index (κ1) is 14.8. The molecule has 0 fully saturated rings. The van der Waals surface area contributed by atoms with E-state index in [1.54, 1.807) is 17.9 Å². The van der Waals surface area contributed by atoms with Crippen molar-refractivity contribution < 1.29 is 4.74 Å². The van der Waals surface area contributed by atoms with Crippen LogP contribution in [-0.4, -0.2) is 16.9 Å². The Kier molecular flexibility index (Phi) is 5.00. The fourth-order valence-corrected chi connectivity index (χ4v) is 2.40. The van der Waals surface area contributed by atoms with E-state index in [0.717, 1.165) is 24.2 Å². The number of aryl methyl sites for hydroxylation is 2. The summed E-state index contributed by atoms with van der Waals surface area (Å²) in [6, 6.07) is 5.52. The Morgan fingerprint density at radius 3 is 2.90 bits per heavy atom. The van der Waals surface area contributed by atoms with Gasteiger partial charge in [0.2, 0.25) is 0 Å². The maximum absolute atomic E-state index is 6.06. The fraction of sp³-hybridized carbons (Fsp3) is 0.357. The third-order valence-corrected chi connectivity index (χ3v) is 3.48. The van der Waals surface area contributed by atoms with Crippen molar-refractivity contribution in [1.29, 1.82) is 0 Å². The highest BCUT2D eigenvalue weighted by atomic mass is 35.5. The molecule has 6 heteroatoms. The smallest absolute Gasteiger partial charge is 0.123 e. The van der Waals surface area contributed by atoms with Crippen molar-refractivity contribution in [1.82, 2.24) is 15.2 Å². The molecule has 0 aliphatic rings. The van der Waals surface area contributed by atoms with E-state index in [2.05, 4.69) is 10.5 Å². The average molecular weight is 295 g/mol. The van der Waals surface area contributed by atoms with Crippen LogP contribution >= 0.6 is 11.6 Å². The summed E-state index contributed by atoms with van der Waals surface area (Å²) in [6.07, 6.45) is 5.57. The van der Waals surface area contributed by atoms with E-state index in [4.69, 9.17) is 22.2 Å². The zero-order chi connectivity index (χ0) is 14.5. The molecule has 2 aromatic rings. The first-order chi connectivity index (χ1) is 9.63. The monoisotopic (exact) mass is 294 g/mol. The average Bonchev–Trinajstić information content (AvgIpc) is 2.85. The Hall–Kier alpha value is -1.56. The number of nitrogens with two attached hydrogens (primary N) is 1. The molecule has 108 valence electrons. The largest absolute Gasteiger partial charge is 0.496 e. The molecule has 0 bridgehead atoms. The van der Waals surface area contributed by atoms with Crippen LogP contribution in [0.15, 0.2) is 30.6 Å². The van der Waals surface area contributed by atoms with Crippen molar-refractivity contribution in [2.45, 2.75) is 18.9 Å². The van der Waals surface area contributed by atoms with E-state index in [0.29, 0.717) is 5.02 Å². The van der Waals surface area contributed by atoms with Crippen molar-refractivity contribution in [3.8, 4) is 5.75 Å². The van der Waals surface area contributed by atoms with Crippen LogP contribution in [0.25, 0.3) is 0 Å². The van der Waals surface area contributed by atoms with E-state index in [9.17, 15) is 0 Å². The molecule has 0 spiro atoms. The molecule has 3 N–H and O–H groups in total. The lowest BCUT2D eigenvalue weighted by molar-refractivity contribution is 0.396. The molecule has 5 nitrogen and oxygen atoms in total. The standard InChI is InChI=1S/C14H19ClN4O/c1-19-9-10(8-17-19)3-5-13(18-16)12-7-11(15)4-6-14(12)20-2/h4,6-9,13,18H,3,5,16H2,1-2H3. The minimum absolute atomic E-state index is 0.0242. The first-order valence-corrected chi connectivity index (χ1v) is 6.79. The van der Waals surface area contributed by atoms with Crippen LogP contribution in [-0.2, 0) is 13.5 Å². The Bertz CT molecular complexity index is 570. The lowest BCUT2D eigenvalue weighted by Crippen LogP contribution is -2.28. The van der Waals surface area contributed by atoms with Crippen LogP contribution in [0.5, 0.6) is 5.75 Å². The number of benzene rings is 1. The highest BCUT2D eigenvalue weighted by Crippen LogP contribution is 2.30. The maximum Gasteiger partial charge on any atom is 0.123 e.